The maximum absolute atomic E-state index is 13.2. The van der Waals surface area contributed by atoms with Crippen LogP contribution in [0.25, 0.3) is 22.2 Å². The third kappa shape index (κ3) is 4.32. The zero-order valence-corrected chi connectivity index (χ0v) is 18.2. The van der Waals surface area contributed by atoms with Crippen LogP contribution in [0.2, 0.25) is 0 Å². The molecule has 8 heteroatoms. The summed E-state index contributed by atoms with van der Waals surface area (Å²) < 4.78 is 1.48. The molecule has 0 radical (unpaired) electrons. The van der Waals surface area contributed by atoms with Gasteiger partial charge < -0.3 is 11.1 Å². The van der Waals surface area contributed by atoms with Gasteiger partial charge in [-0.25, -0.2) is 9.97 Å². The number of allylic oxidation sites excluding steroid dienone is 1. The number of carbonyl (C=O) groups is 1. The van der Waals surface area contributed by atoms with Crippen LogP contribution < -0.4 is 11.1 Å². The molecule has 166 valence electrons. The lowest BCUT2D eigenvalue weighted by molar-refractivity contribution is 0.0956. The Balaban J connectivity index is 1.52. The molecule has 0 bridgehead atoms. The number of hydrogen-bond donors (Lipinski definition) is 2. The van der Waals surface area contributed by atoms with Crippen molar-refractivity contribution in [3.05, 3.63) is 71.6 Å². The lowest BCUT2D eigenvalue weighted by atomic mass is 9.97. The highest BCUT2D eigenvalue weighted by Gasteiger charge is 2.24. The highest BCUT2D eigenvalue weighted by atomic mass is 16.1. The van der Waals surface area contributed by atoms with Crippen LogP contribution >= 0.6 is 0 Å². The van der Waals surface area contributed by atoms with Gasteiger partial charge in [-0.1, -0.05) is 23.8 Å². The standard InChI is InChI=1S/C25H25N7O/c26-23-21(25(33)28-15-12-17-6-2-1-3-7-17)22-24(31-20-9-5-4-8-19(20)30-22)32(23)29-16-18-10-13-27-14-11-18/h4-6,8-11,13-14,16H,1-3,7,12,15,26H2,(H,28,33). The van der Waals surface area contributed by atoms with E-state index in [1.807, 2.05) is 36.4 Å². The molecule has 33 heavy (non-hydrogen) atoms. The molecule has 0 saturated carbocycles. The predicted octanol–water partition coefficient (Wildman–Crippen LogP) is 4.06. The highest BCUT2D eigenvalue weighted by molar-refractivity contribution is 6.10. The Hall–Kier alpha value is -4.07. The van der Waals surface area contributed by atoms with E-state index in [-0.39, 0.29) is 11.7 Å². The van der Waals surface area contributed by atoms with Crippen LogP contribution in [0.5, 0.6) is 0 Å². The number of fused-ring (bicyclic) bond motifs is 2. The number of carbonyl (C=O) groups excluding carboxylic acids is 1. The fourth-order valence-electron chi connectivity index (χ4n) is 4.12. The number of hydrogen-bond acceptors (Lipinski definition) is 6. The van der Waals surface area contributed by atoms with Gasteiger partial charge in [0.15, 0.2) is 5.65 Å². The largest absolute Gasteiger partial charge is 0.383 e. The first-order valence-electron chi connectivity index (χ1n) is 11.2. The molecule has 1 aliphatic carbocycles. The van der Waals surface area contributed by atoms with Gasteiger partial charge in [0.2, 0.25) is 0 Å². The van der Waals surface area contributed by atoms with Crippen LogP contribution in [0.4, 0.5) is 5.82 Å². The first-order chi connectivity index (χ1) is 16.2. The van der Waals surface area contributed by atoms with Crippen molar-refractivity contribution in [1.82, 2.24) is 24.9 Å². The minimum absolute atomic E-state index is 0.208. The second kappa shape index (κ2) is 9.20. The number of benzene rings is 1. The van der Waals surface area contributed by atoms with Crippen molar-refractivity contribution in [3.8, 4) is 0 Å². The van der Waals surface area contributed by atoms with E-state index in [1.165, 1.54) is 23.1 Å². The number of amides is 1. The van der Waals surface area contributed by atoms with Crippen molar-refractivity contribution in [2.24, 2.45) is 5.10 Å². The minimum Gasteiger partial charge on any atom is -0.383 e. The smallest absolute Gasteiger partial charge is 0.257 e. The molecule has 1 aliphatic rings. The maximum Gasteiger partial charge on any atom is 0.257 e. The van der Waals surface area contributed by atoms with E-state index in [0.29, 0.717) is 34.3 Å². The number of rotatable bonds is 6. The van der Waals surface area contributed by atoms with Crippen LogP contribution in [0.3, 0.4) is 0 Å². The zero-order valence-electron chi connectivity index (χ0n) is 18.2. The Kier molecular flexibility index (Phi) is 5.80. The molecule has 0 fully saturated rings. The van der Waals surface area contributed by atoms with Crippen LogP contribution in [0, 0.1) is 0 Å². The average molecular weight is 440 g/mol. The molecule has 3 N–H and O–H groups in total. The molecule has 0 aliphatic heterocycles. The van der Waals surface area contributed by atoms with Crippen LogP contribution in [-0.2, 0) is 0 Å². The van der Waals surface area contributed by atoms with Gasteiger partial charge in [-0.2, -0.15) is 9.78 Å². The van der Waals surface area contributed by atoms with Gasteiger partial charge in [-0.15, -0.1) is 0 Å². The van der Waals surface area contributed by atoms with Gasteiger partial charge in [-0.3, -0.25) is 9.78 Å². The molecular weight excluding hydrogens is 414 g/mol. The number of anilines is 1. The van der Waals surface area contributed by atoms with E-state index in [1.54, 1.807) is 18.6 Å². The molecule has 5 rings (SSSR count). The van der Waals surface area contributed by atoms with Gasteiger partial charge in [0.25, 0.3) is 5.91 Å². The lowest BCUT2D eigenvalue weighted by Crippen LogP contribution is -2.25. The average Bonchev–Trinajstić information content (AvgIpc) is 3.12. The van der Waals surface area contributed by atoms with E-state index in [9.17, 15) is 4.79 Å². The summed E-state index contributed by atoms with van der Waals surface area (Å²) in [6.07, 6.45) is 12.9. The normalized spacial score (nSPS) is 14.1. The van der Waals surface area contributed by atoms with Crippen LogP contribution in [0.15, 0.2) is 65.5 Å². The number of pyridine rings is 1. The van der Waals surface area contributed by atoms with E-state index < -0.39 is 0 Å². The second-order valence-electron chi connectivity index (χ2n) is 8.10. The monoisotopic (exact) mass is 439 g/mol. The van der Waals surface area contributed by atoms with Crippen molar-refractivity contribution in [2.45, 2.75) is 32.1 Å². The van der Waals surface area contributed by atoms with Crippen molar-refractivity contribution >= 4 is 40.1 Å². The summed E-state index contributed by atoms with van der Waals surface area (Å²) in [4.78, 5) is 26.6. The van der Waals surface area contributed by atoms with Crippen molar-refractivity contribution in [3.63, 3.8) is 0 Å². The first-order valence-corrected chi connectivity index (χ1v) is 11.2. The van der Waals surface area contributed by atoms with Crippen molar-refractivity contribution in [2.75, 3.05) is 12.3 Å². The van der Waals surface area contributed by atoms with Crippen LogP contribution in [-0.4, -0.2) is 38.3 Å². The van der Waals surface area contributed by atoms with Crippen LogP contribution in [0.1, 0.15) is 48.0 Å². The zero-order chi connectivity index (χ0) is 22.6. The fourth-order valence-corrected chi connectivity index (χ4v) is 4.12. The maximum atomic E-state index is 13.2. The topological polar surface area (TPSA) is 111 Å². The van der Waals surface area contributed by atoms with Crippen molar-refractivity contribution < 1.29 is 4.79 Å². The fraction of sp³-hybridized carbons (Fsp3) is 0.240. The third-order valence-corrected chi connectivity index (χ3v) is 5.85. The second-order valence-corrected chi connectivity index (χ2v) is 8.10. The molecule has 0 unspecified atom stereocenters. The molecular formula is C25H25N7O. The SMILES string of the molecule is Nc1c(C(=O)NCCC2=CCCCC2)c2nc3ccccc3nc2n1N=Cc1ccncc1. The number of aromatic nitrogens is 4. The molecule has 3 aromatic heterocycles. The first kappa shape index (κ1) is 20.8. The summed E-state index contributed by atoms with van der Waals surface area (Å²) in [5.74, 6) is -0.0589. The summed E-state index contributed by atoms with van der Waals surface area (Å²) in [5, 5.41) is 7.53. The quantitative estimate of drug-likeness (QED) is 0.348. The number of nitrogens with one attached hydrogen (secondary N) is 1. The van der Waals surface area contributed by atoms with Crippen molar-refractivity contribution in [1.29, 1.82) is 0 Å². The van der Waals surface area contributed by atoms with E-state index in [2.05, 4.69) is 21.5 Å². The van der Waals surface area contributed by atoms with Gasteiger partial charge in [0.05, 0.1) is 17.2 Å². The number of nitrogen functional groups attached to an aromatic ring is 1. The minimum atomic E-state index is -0.267. The van der Waals surface area contributed by atoms with E-state index in [4.69, 9.17) is 15.7 Å². The molecule has 0 saturated heterocycles. The number of para-hydroxylation sites is 2. The molecule has 4 aromatic rings. The number of nitrogens with zero attached hydrogens (tertiary/aromatic N) is 5. The van der Waals surface area contributed by atoms with E-state index in [0.717, 1.165) is 24.8 Å². The number of nitrogens with two attached hydrogens (primary N) is 1. The van der Waals surface area contributed by atoms with Gasteiger partial charge in [-0.05, 0) is 61.9 Å². The van der Waals surface area contributed by atoms with Gasteiger partial charge in [0, 0.05) is 18.9 Å². The summed E-state index contributed by atoms with van der Waals surface area (Å²) in [5.41, 5.74) is 11.3. The molecule has 1 aromatic carbocycles. The molecule has 0 spiro atoms. The molecule has 1 amide bonds. The Morgan fingerprint density at radius 1 is 1.12 bits per heavy atom. The molecule has 3 heterocycles. The Morgan fingerprint density at radius 3 is 2.67 bits per heavy atom. The molecule has 0 atom stereocenters. The Labute approximate surface area is 191 Å². The summed E-state index contributed by atoms with van der Waals surface area (Å²) >= 11 is 0. The summed E-state index contributed by atoms with van der Waals surface area (Å²) in [7, 11) is 0. The highest BCUT2D eigenvalue weighted by Crippen LogP contribution is 2.28. The van der Waals surface area contributed by atoms with E-state index >= 15 is 0 Å². The summed E-state index contributed by atoms with van der Waals surface area (Å²) in [6, 6.07) is 11.2. The lowest BCUT2D eigenvalue weighted by Gasteiger charge is -2.12. The molecule has 8 nitrogen and oxygen atoms in total. The Morgan fingerprint density at radius 2 is 1.91 bits per heavy atom. The Bertz CT molecular complexity index is 1370. The summed E-state index contributed by atoms with van der Waals surface area (Å²) in [6.45, 7) is 0.554. The predicted molar refractivity (Wildman–Crippen MR) is 130 cm³/mol. The van der Waals surface area contributed by atoms with Gasteiger partial charge in [0.1, 0.15) is 16.9 Å². The van der Waals surface area contributed by atoms with Gasteiger partial charge >= 0.3 is 0 Å². The third-order valence-electron chi connectivity index (χ3n) is 5.85.